The zero-order valence-corrected chi connectivity index (χ0v) is 10.3. The number of nitrogens with one attached hydrogen (secondary N) is 1. The molecule has 0 spiro atoms. The maximum Gasteiger partial charge on any atom is 0.131 e. The van der Waals surface area contributed by atoms with Crippen LogP contribution in [0.2, 0.25) is 0 Å². The van der Waals surface area contributed by atoms with Gasteiger partial charge in [-0.2, -0.15) is 5.26 Å². The Morgan fingerprint density at radius 1 is 1.39 bits per heavy atom. The Hall–Kier alpha value is -1.47. The normalized spacial score (nSPS) is 16.3. The molecule has 0 amide bonds. The molecule has 1 N–H and O–H groups in total. The number of rotatable bonds is 5. The van der Waals surface area contributed by atoms with Crippen molar-refractivity contribution in [3.05, 3.63) is 34.9 Å². The quantitative estimate of drug-likeness (QED) is 0.872. The second kappa shape index (κ2) is 5.45. The van der Waals surface area contributed by atoms with E-state index in [4.69, 9.17) is 5.26 Å². The summed E-state index contributed by atoms with van der Waals surface area (Å²) in [4.78, 5) is 0. The Balaban J connectivity index is 1.94. The Kier molecular flexibility index (Phi) is 3.93. The summed E-state index contributed by atoms with van der Waals surface area (Å²) >= 11 is 0. The van der Waals surface area contributed by atoms with E-state index in [0.717, 1.165) is 24.6 Å². The Labute approximate surface area is 106 Å². The lowest BCUT2D eigenvalue weighted by molar-refractivity contribution is 0.450. The fourth-order valence-electron chi connectivity index (χ4n) is 2.09. The highest BCUT2D eigenvalue weighted by Gasteiger charge is 2.27. The van der Waals surface area contributed by atoms with Gasteiger partial charge in [0.2, 0.25) is 0 Å². The summed E-state index contributed by atoms with van der Waals surface area (Å²) in [5.74, 6) is 0.0129. The van der Waals surface area contributed by atoms with Crippen molar-refractivity contribution >= 4 is 0 Å². The van der Waals surface area contributed by atoms with Crippen LogP contribution >= 0.6 is 0 Å². The van der Waals surface area contributed by atoms with Crippen LogP contribution in [-0.4, -0.2) is 6.54 Å². The highest BCUT2D eigenvalue weighted by molar-refractivity contribution is 5.34. The predicted molar refractivity (Wildman–Crippen MR) is 64.7 cm³/mol. The third-order valence-electron chi connectivity index (χ3n) is 3.46. The SMILES string of the molecule is CC(CNCc1c(F)cc(C#N)cc1F)C1CC1. The summed E-state index contributed by atoms with van der Waals surface area (Å²) in [6.07, 6.45) is 2.53. The first-order valence-corrected chi connectivity index (χ1v) is 6.20. The number of nitrogens with zero attached hydrogens (tertiary/aromatic N) is 1. The summed E-state index contributed by atoms with van der Waals surface area (Å²) in [5.41, 5.74) is 0.0251. The molecule has 0 aliphatic heterocycles. The molecule has 0 aromatic heterocycles. The fourth-order valence-corrected chi connectivity index (χ4v) is 2.09. The Morgan fingerprint density at radius 3 is 2.50 bits per heavy atom. The maximum atomic E-state index is 13.6. The van der Waals surface area contributed by atoms with Crippen LogP contribution in [0.25, 0.3) is 0 Å². The van der Waals surface area contributed by atoms with Crippen molar-refractivity contribution in [1.29, 1.82) is 5.26 Å². The van der Waals surface area contributed by atoms with Crippen molar-refractivity contribution in [1.82, 2.24) is 5.32 Å². The summed E-state index contributed by atoms with van der Waals surface area (Å²) in [5, 5.41) is 11.7. The minimum absolute atomic E-state index is 0.0111. The van der Waals surface area contributed by atoms with E-state index in [9.17, 15) is 8.78 Å². The van der Waals surface area contributed by atoms with Gasteiger partial charge < -0.3 is 5.32 Å². The largest absolute Gasteiger partial charge is 0.312 e. The lowest BCUT2D eigenvalue weighted by atomic mass is 10.1. The van der Waals surface area contributed by atoms with Crippen LogP contribution in [0.1, 0.15) is 30.9 Å². The zero-order chi connectivity index (χ0) is 13.1. The summed E-state index contributed by atoms with van der Waals surface area (Å²) in [6.45, 7) is 3.08. The molecular formula is C14H16F2N2. The summed E-state index contributed by atoms with van der Waals surface area (Å²) < 4.78 is 27.1. The van der Waals surface area contributed by atoms with Crippen LogP contribution in [0.5, 0.6) is 0 Å². The standard InChI is InChI=1S/C14H16F2N2/c1-9(11-2-3-11)7-18-8-12-13(15)4-10(6-17)5-14(12)16/h4-5,9,11,18H,2-3,7-8H2,1H3. The topological polar surface area (TPSA) is 35.8 Å². The number of nitriles is 1. The molecule has 1 aromatic carbocycles. The third kappa shape index (κ3) is 3.05. The number of hydrogen-bond donors (Lipinski definition) is 1. The summed E-state index contributed by atoms with van der Waals surface area (Å²) in [7, 11) is 0. The summed E-state index contributed by atoms with van der Waals surface area (Å²) in [6, 6.07) is 3.88. The molecule has 1 aromatic rings. The minimum atomic E-state index is -0.655. The maximum absolute atomic E-state index is 13.6. The van der Waals surface area contributed by atoms with E-state index in [1.165, 1.54) is 12.8 Å². The van der Waals surface area contributed by atoms with Crippen LogP contribution in [-0.2, 0) is 6.54 Å². The lowest BCUT2D eigenvalue weighted by Crippen LogP contribution is -2.23. The van der Waals surface area contributed by atoms with Crippen molar-refractivity contribution in [2.45, 2.75) is 26.3 Å². The van der Waals surface area contributed by atoms with Gasteiger partial charge in [-0.1, -0.05) is 6.92 Å². The van der Waals surface area contributed by atoms with E-state index in [2.05, 4.69) is 12.2 Å². The molecule has 1 saturated carbocycles. The highest BCUT2D eigenvalue weighted by Crippen LogP contribution is 2.36. The molecule has 18 heavy (non-hydrogen) atoms. The molecule has 0 heterocycles. The van der Waals surface area contributed by atoms with E-state index >= 15 is 0 Å². The molecule has 2 nitrogen and oxygen atoms in total. The molecule has 1 fully saturated rings. The van der Waals surface area contributed by atoms with Gasteiger partial charge in [-0.25, -0.2) is 8.78 Å². The molecule has 1 aliphatic carbocycles. The number of hydrogen-bond acceptors (Lipinski definition) is 2. The second-order valence-electron chi connectivity index (χ2n) is 4.98. The van der Waals surface area contributed by atoms with Crippen LogP contribution in [0.3, 0.4) is 0 Å². The molecule has 1 aliphatic rings. The Bertz CT molecular complexity index is 452. The van der Waals surface area contributed by atoms with Gasteiger partial charge in [-0.15, -0.1) is 0 Å². The van der Waals surface area contributed by atoms with Gasteiger partial charge in [0.05, 0.1) is 11.6 Å². The van der Waals surface area contributed by atoms with Crippen LogP contribution < -0.4 is 5.32 Å². The first kappa shape index (κ1) is 13.0. The number of benzene rings is 1. The van der Waals surface area contributed by atoms with Crippen LogP contribution in [0, 0.1) is 34.8 Å². The predicted octanol–water partition coefficient (Wildman–Crippen LogP) is 2.97. The first-order valence-electron chi connectivity index (χ1n) is 6.20. The second-order valence-corrected chi connectivity index (χ2v) is 4.98. The van der Waals surface area contributed by atoms with E-state index in [1.807, 2.05) is 0 Å². The van der Waals surface area contributed by atoms with Gasteiger partial charge >= 0.3 is 0 Å². The molecule has 0 radical (unpaired) electrons. The van der Waals surface area contributed by atoms with Crippen molar-refractivity contribution < 1.29 is 8.78 Å². The highest BCUT2D eigenvalue weighted by atomic mass is 19.1. The van der Waals surface area contributed by atoms with Crippen molar-refractivity contribution in [2.24, 2.45) is 11.8 Å². The van der Waals surface area contributed by atoms with E-state index in [1.54, 1.807) is 6.07 Å². The van der Waals surface area contributed by atoms with Crippen molar-refractivity contribution in [3.63, 3.8) is 0 Å². The average Bonchev–Trinajstić information content (AvgIpc) is 3.16. The first-order chi connectivity index (χ1) is 8.61. The molecule has 1 unspecified atom stereocenters. The van der Waals surface area contributed by atoms with Gasteiger partial charge in [0.1, 0.15) is 11.6 Å². The monoisotopic (exact) mass is 250 g/mol. The molecule has 0 saturated heterocycles. The average molecular weight is 250 g/mol. The zero-order valence-electron chi connectivity index (χ0n) is 10.3. The van der Waals surface area contributed by atoms with Crippen molar-refractivity contribution in [3.8, 4) is 6.07 Å². The van der Waals surface area contributed by atoms with Gasteiger partial charge in [0.15, 0.2) is 0 Å². The Morgan fingerprint density at radius 2 is 2.00 bits per heavy atom. The molecule has 4 heteroatoms. The molecule has 96 valence electrons. The fraction of sp³-hybridized carbons (Fsp3) is 0.500. The van der Waals surface area contributed by atoms with E-state index < -0.39 is 11.6 Å². The molecule has 2 rings (SSSR count). The molecule has 0 bridgehead atoms. The minimum Gasteiger partial charge on any atom is -0.312 e. The van der Waals surface area contributed by atoms with Gasteiger partial charge in [0.25, 0.3) is 0 Å². The van der Waals surface area contributed by atoms with E-state index in [-0.39, 0.29) is 17.7 Å². The van der Waals surface area contributed by atoms with Crippen LogP contribution in [0.4, 0.5) is 8.78 Å². The van der Waals surface area contributed by atoms with Crippen molar-refractivity contribution in [2.75, 3.05) is 6.54 Å². The van der Waals surface area contributed by atoms with Gasteiger partial charge in [0, 0.05) is 12.1 Å². The van der Waals surface area contributed by atoms with Crippen LogP contribution in [0.15, 0.2) is 12.1 Å². The molecular weight excluding hydrogens is 234 g/mol. The van der Waals surface area contributed by atoms with Gasteiger partial charge in [-0.3, -0.25) is 0 Å². The number of halogens is 2. The lowest BCUT2D eigenvalue weighted by Gasteiger charge is -2.12. The van der Waals surface area contributed by atoms with Gasteiger partial charge in [-0.05, 0) is 43.4 Å². The molecule has 1 atom stereocenters. The smallest absolute Gasteiger partial charge is 0.131 e. The van der Waals surface area contributed by atoms with E-state index in [0.29, 0.717) is 5.92 Å². The third-order valence-corrected chi connectivity index (χ3v) is 3.46.